The first kappa shape index (κ1) is 12.9. The molecule has 2 unspecified atom stereocenters. The van der Waals surface area contributed by atoms with Crippen LogP contribution in [-0.2, 0) is 16.0 Å². The van der Waals surface area contributed by atoms with Crippen molar-refractivity contribution in [2.45, 2.75) is 38.9 Å². The van der Waals surface area contributed by atoms with E-state index in [2.05, 4.69) is 0 Å². The van der Waals surface area contributed by atoms with E-state index >= 15 is 0 Å². The van der Waals surface area contributed by atoms with Crippen molar-refractivity contribution in [2.75, 3.05) is 6.61 Å². The zero-order valence-corrected chi connectivity index (χ0v) is 10.7. The van der Waals surface area contributed by atoms with Crippen molar-refractivity contribution in [3.63, 3.8) is 0 Å². The number of ether oxygens (including phenoxy) is 2. The molecule has 0 fully saturated rings. The third-order valence-electron chi connectivity index (χ3n) is 3.10. The summed E-state index contributed by atoms with van der Waals surface area (Å²) in [5.41, 5.74) is 1.51. The van der Waals surface area contributed by atoms with Crippen LogP contribution in [0.1, 0.15) is 37.5 Å². The van der Waals surface area contributed by atoms with Crippen LogP contribution in [-0.4, -0.2) is 23.8 Å². The normalized spacial score (nSPS) is 19.6. The summed E-state index contributed by atoms with van der Waals surface area (Å²) in [5, 5.41) is 10.0. The first-order valence-electron chi connectivity index (χ1n) is 6.26. The summed E-state index contributed by atoms with van der Waals surface area (Å²) in [6.07, 6.45) is 0.646. The van der Waals surface area contributed by atoms with Crippen molar-refractivity contribution in [3.05, 3.63) is 29.3 Å². The van der Waals surface area contributed by atoms with E-state index in [4.69, 9.17) is 9.47 Å². The molecule has 0 saturated heterocycles. The highest BCUT2D eigenvalue weighted by Crippen LogP contribution is 2.33. The Kier molecular flexibility index (Phi) is 3.87. The lowest BCUT2D eigenvalue weighted by Crippen LogP contribution is -2.22. The molecule has 0 spiro atoms. The molecule has 1 aromatic carbocycles. The first-order valence-corrected chi connectivity index (χ1v) is 6.26. The van der Waals surface area contributed by atoms with Crippen molar-refractivity contribution < 1.29 is 19.4 Å². The van der Waals surface area contributed by atoms with Gasteiger partial charge in [0.15, 0.2) is 6.10 Å². The predicted octanol–water partition coefficient (Wildman–Crippen LogP) is 2.00. The third kappa shape index (κ3) is 2.48. The Morgan fingerprint density at radius 1 is 1.61 bits per heavy atom. The van der Waals surface area contributed by atoms with Gasteiger partial charge in [0.2, 0.25) is 0 Å². The lowest BCUT2D eigenvalue weighted by molar-refractivity contribution is -0.153. The predicted molar refractivity (Wildman–Crippen MR) is 66.4 cm³/mol. The van der Waals surface area contributed by atoms with E-state index in [1.54, 1.807) is 19.1 Å². The second kappa shape index (κ2) is 5.40. The Morgan fingerprint density at radius 2 is 2.39 bits per heavy atom. The van der Waals surface area contributed by atoms with E-state index in [1.807, 2.05) is 13.0 Å². The van der Waals surface area contributed by atoms with Gasteiger partial charge in [0.1, 0.15) is 5.75 Å². The molecule has 0 aliphatic carbocycles. The zero-order chi connectivity index (χ0) is 13.1. The van der Waals surface area contributed by atoms with Crippen LogP contribution >= 0.6 is 0 Å². The van der Waals surface area contributed by atoms with Crippen molar-refractivity contribution in [1.29, 1.82) is 0 Å². The molecule has 2 atom stereocenters. The Labute approximate surface area is 107 Å². The number of hydrogen-bond acceptors (Lipinski definition) is 4. The van der Waals surface area contributed by atoms with Crippen molar-refractivity contribution in [1.82, 2.24) is 0 Å². The highest BCUT2D eigenvalue weighted by atomic mass is 16.5. The van der Waals surface area contributed by atoms with Crippen LogP contribution in [0, 0.1) is 0 Å². The molecule has 0 amide bonds. The van der Waals surface area contributed by atoms with E-state index in [1.165, 1.54) is 0 Å². The largest absolute Gasteiger partial charge is 0.490 e. The highest BCUT2D eigenvalue weighted by molar-refractivity contribution is 5.77. The number of aliphatic hydroxyl groups excluding tert-OH is 1. The molecule has 98 valence electrons. The van der Waals surface area contributed by atoms with Gasteiger partial charge in [-0.05, 0) is 38.3 Å². The summed E-state index contributed by atoms with van der Waals surface area (Å²) in [5.74, 6) is 0.152. The molecule has 4 nitrogen and oxygen atoms in total. The zero-order valence-electron chi connectivity index (χ0n) is 10.7. The summed E-state index contributed by atoms with van der Waals surface area (Å²) >= 11 is 0. The molecule has 1 aliphatic heterocycles. The maximum Gasteiger partial charge on any atom is 0.339 e. The summed E-state index contributed by atoms with van der Waals surface area (Å²) in [4.78, 5) is 11.6. The number of esters is 1. The molecule has 2 rings (SSSR count). The van der Waals surface area contributed by atoms with Crippen molar-refractivity contribution >= 4 is 5.97 Å². The minimum atomic E-state index is -1.23. The van der Waals surface area contributed by atoms with Crippen LogP contribution in [0.3, 0.4) is 0 Å². The van der Waals surface area contributed by atoms with Crippen LogP contribution in [0.5, 0.6) is 5.75 Å². The molecule has 18 heavy (non-hydrogen) atoms. The van der Waals surface area contributed by atoms with Gasteiger partial charge in [0.05, 0.1) is 12.7 Å². The molecule has 1 heterocycles. The van der Waals surface area contributed by atoms with Gasteiger partial charge in [-0.2, -0.15) is 0 Å². The molecule has 1 aromatic rings. The molecular formula is C14H18O4. The van der Waals surface area contributed by atoms with E-state index in [-0.39, 0.29) is 12.7 Å². The molecule has 0 bridgehead atoms. The fourth-order valence-electron chi connectivity index (χ4n) is 2.19. The van der Waals surface area contributed by atoms with Gasteiger partial charge in [-0.25, -0.2) is 4.79 Å². The lowest BCUT2D eigenvalue weighted by Gasteiger charge is -2.26. The maximum absolute atomic E-state index is 11.6. The fourth-order valence-corrected chi connectivity index (χ4v) is 2.19. The summed E-state index contributed by atoms with van der Waals surface area (Å²) in [6.45, 7) is 3.99. The SMILES string of the molecule is CCOC(=O)C(O)c1cccc2c1CCC(C)O2. The average Bonchev–Trinajstić information content (AvgIpc) is 2.37. The Balaban J connectivity index is 2.29. The van der Waals surface area contributed by atoms with Crippen LogP contribution in [0.4, 0.5) is 0 Å². The highest BCUT2D eigenvalue weighted by Gasteiger charge is 2.26. The third-order valence-corrected chi connectivity index (χ3v) is 3.10. The Morgan fingerprint density at radius 3 is 3.11 bits per heavy atom. The number of fused-ring (bicyclic) bond motifs is 1. The van der Waals surface area contributed by atoms with E-state index in [9.17, 15) is 9.90 Å². The smallest absolute Gasteiger partial charge is 0.339 e. The van der Waals surface area contributed by atoms with Crippen molar-refractivity contribution in [2.24, 2.45) is 0 Å². The van der Waals surface area contributed by atoms with Crippen LogP contribution in [0.2, 0.25) is 0 Å². The fraction of sp³-hybridized carbons (Fsp3) is 0.500. The van der Waals surface area contributed by atoms with Gasteiger partial charge >= 0.3 is 5.97 Å². The van der Waals surface area contributed by atoms with E-state index in [0.29, 0.717) is 5.56 Å². The molecule has 4 heteroatoms. The number of carbonyl (C=O) groups excluding carboxylic acids is 1. The summed E-state index contributed by atoms with van der Waals surface area (Å²) in [7, 11) is 0. The average molecular weight is 250 g/mol. The van der Waals surface area contributed by atoms with Gasteiger partial charge in [-0.3, -0.25) is 0 Å². The number of benzene rings is 1. The van der Waals surface area contributed by atoms with Gasteiger partial charge in [-0.15, -0.1) is 0 Å². The maximum atomic E-state index is 11.6. The quantitative estimate of drug-likeness (QED) is 0.834. The topological polar surface area (TPSA) is 55.8 Å². The molecular weight excluding hydrogens is 232 g/mol. The Bertz CT molecular complexity index is 441. The van der Waals surface area contributed by atoms with E-state index in [0.717, 1.165) is 24.2 Å². The second-order valence-corrected chi connectivity index (χ2v) is 4.45. The summed E-state index contributed by atoms with van der Waals surface area (Å²) < 4.78 is 10.5. The number of hydrogen-bond donors (Lipinski definition) is 1. The molecule has 1 N–H and O–H groups in total. The van der Waals surface area contributed by atoms with Crippen LogP contribution in [0.15, 0.2) is 18.2 Å². The molecule has 0 saturated carbocycles. The van der Waals surface area contributed by atoms with Gasteiger partial charge < -0.3 is 14.6 Å². The van der Waals surface area contributed by atoms with Crippen LogP contribution < -0.4 is 4.74 Å². The van der Waals surface area contributed by atoms with Gasteiger partial charge in [0, 0.05) is 5.56 Å². The second-order valence-electron chi connectivity index (χ2n) is 4.45. The van der Waals surface area contributed by atoms with E-state index < -0.39 is 12.1 Å². The minimum Gasteiger partial charge on any atom is -0.490 e. The molecule has 0 radical (unpaired) electrons. The van der Waals surface area contributed by atoms with Crippen LogP contribution in [0.25, 0.3) is 0 Å². The van der Waals surface area contributed by atoms with Gasteiger partial charge in [0.25, 0.3) is 0 Å². The number of aliphatic hydroxyl groups is 1. The van der Waals surface area contributed by atoms with Gasteiger partial charge in [-0.1, -0.05) is 12.1 Å². The van der Waals surface area contributed by atoms with Crippen molar-refractivity contribution in [3.8, 4) is 5.75 Å². The minimum absolute atomic E-state index is 0.174. The monoisotopic (exact) mass is 250 g/mol. The summed E-state index contributed by atoms with van der Waals surface area (Å²) in [6, 6.07) is 5.40. The molecule has 1 aliphatic rings. The Hall–Kier alpha value is -1.55. The standard InChI is InChI=1S/C14H18O4/c1-3-17-14(16)13(15)11-5-4-6-12-10(11)8-7-9(2)18-12/h4-6,9,13,15H,3,7-8H2,1-2H3. The lowest BCUT2D eigenvalue weighted by atomic mass is 9.94. The first-order chi connectivity index (χ1) is 8.63. The number of rotatable bonds is 3. The number of carbonyl (C=O) groups is 1. The molecule has 0 aromatic heterocycles.